The van der Waals surface area contributed by atoms with E-state index in [0.29, 0.717) is 36.2 Å². The van der Waals surface area contributed by atoms with E-state index in [4.69, 9.17) is 23.2 Å². The van der Waals surface area contributed by atoms with E-state index in [1.165, 1.54) is 0 Å². The zero-order valence-electron chi connectivity index (χ0n) is 15.3. The zero-order chi connectivity index (χ0) is 19.4. The molecular formula is C18H24Cl2N4O2S. The molecule has 0 aromatic heterocycles. The number of halogens is 2. The molecule has 1 N–H and O–H groups in total. The van der Waals surface area contributed by atoms with Crippen molar-refractivity contribution in [3.05, 3.63) is 28.2 Å². The minimum atomic E-state index is -0.506. The van der Waals surface area contributed by atoms with Crippen LogP contribution in [0.5, 0.6) is 0 Å². The van der Waals surface area contributed by atoms with Crippen LogP contribution in [-0.4, -0.2) is 78.6 Å². The summed E-state index contributed by atoms with van der Waals surface area (Å²) < 4.78 is 0. The molecule has 2 aliphatic heterocycles. The number of thioether (sulfide) groups is 1. The number of hydrogen-bond acceptors (Lipinski definition) is 4. The summed E-state index contributed by atoms with van der Waals surface area (Å²) in [6, 6.07) is 4.87. The zero-order valence-corrected chi connectivity index (χ0v) is 17.6. The number of anilines is 1. The number of benzene rings is 1. The number of carbonyl (C=O) groups excluding carboxylic acids is 2. The minimum Gasteiger partial charge on any atom is -0.368 e. The number of urea groups is 1. The third-order valence-electron chi connectivity index (χ3n) is 4.87. The Kier molecular flexibility index (Phi) is 7.00. The SMILES string of the molecule is CC(NC(=O)N1CCN(c2ccc(Cl)c(Cl)c2)CC1)C(=O)N1CCSCC1. The van der Waals surface area contributed by atoms with E-state index < -0.39 is 6.04 Å². The Balaban J connectivity index is 1.49. The number of rotatable bonds is 3. The molecule has 9 heteroatoms. The third-order valence-corrected chi connectivity index (χ3v) is 6.55. The average molecular weight is 431 g/mol. The van der Waals surface area contributed by atoms with Crippen molar-refractivity contribution >= 4 is 52.6 Å². The van der Waals surface area contributed by atoms with Crippen molar-refractivity contribution in [2.45, 2.75) is 13.0 Å². The highest BCUT2D eigenvalue weighted by Gasteiger charge is 2.27. The quantitative estimate of drug-likeness (QED) is 0.800. The lowest BCUT2D eigenvalue weighted by molar-refractivity contribution is -0.132. The van der Waals surface area contributed by atoms with Gasteiger partial charge in [-0.25, -0.2) is 4.79 Å². The van der Waals surface area contributed by atoms with Crippen LogP contribution in [0.15, 0.2) is 18.2 Å². The second kappa shape index (κ2) is 9.26. The van der Waals surface area contributed by atoms with Crippen molar-refractivity contribution in [1.29, 1.82) is 0 Å². The van der Waals surface area contributed by atoms with Crippen molar-refractivity contribution in [2.75, 3.05) is 55.7 Å². The van der Waals surface area contributed by atoms with E-state index in [9.17, 15) is 9.59 Å². The summed E-state index contributed by atoms with van der Waals surface area (Å²) in [6.45, 7) is 5.86. The molecule has 0 spiro atoms. The van der Waals surface area contributed by atoms with Crippen molar-refractivity contribution in [3.63, 3.8) is 0 Å². The van der Waals surface area contributed by atoms with Gasteiger partial charge in [-0.1, -0.05) is 23.2 Å². The first kappa shape index (κ1) is 20.4. The molecule has 148 valence electrons. The summed E-state index contributed by atoms with van der Waals surface area (Å²) in [7, 11) is 0. The van der Waals surface area contributed by atoms with Crippen molar-refractivity contribution < 1.29 is 9.59 Å². The van der Waals surface area contributed by atoms with Crippen LogP contribution in [-0.2, 0) is 4.79 Å². The monoisotopic (exact) mass is 430 g/mol. The van der Waals surface area contributed by atoms with Gasteiger partial charge in [0.15, 0.2) is 0 Å². The summed E-state index contributed by atoms with van der Waals surface area (Å²) in [4.78, 5) is 30.7. The molecule has 1 aromatic carbocycles. The summed E-state index contributed by atoms with van der Waals surface area (Å²) in [6.07, 6.45) is 0. The second-order valence-corrected chi connectivity index (χ2v) is 8.72. The van der Waals surface area contributed by atoms with E-state index in [1.807, 2.05) is 28.8 Å². The van der Waals surface area contributed by atoms with Crippen LogP contribution in [0, 0.1) is 0 Å². The summed E-state index contributed by atoms with van der Waals surface area (Å²) in [5.74, 6) is 1.92. The summed E-state index contributed by atoms with van der Waals surface area (Å²) >= 11 is 13.9. The van der Waals surface area contributed by atoms with Crippen LogP contribution in [0.3, 0.4) is 0 Å². The van der Waals surface area contributed by atoms with Crippen LogP contribution < -0.4 is 10.2 Å². The fourth-order valence-corrected chi connectivity index (χ4v) is 4.44. The van der Waals surface area contributed by atoms with Crippen molar-refractivity contribution in [1.82, 2.24) is 15.1 Å². The molecule has 1 aromatic rings. The maximum atomic E-state index is 12.5. The van der Waals surface area contributed by atoms with Gasteiger partial charge in [-0.3, -0.25) is 4.79 Å². The Morgan fingerprint density at radius 3 is 2.30 bits per heavy atom. The van der Waals surface area contributed by atoms with E-state index in [0.717, 1.165) is 30.3 Å². The first-order chi connectivity index (χ1) is 13.0. The molecule has 2 saturated heterocycles. The summed E-state index contributed by atoms with van der Waals surface area (Å²) in [5, 5.41) is 3.91. The molecule has 2 aliphatic rings. The number of piperazine rings is 1. The summed E-state index contributed by atoms with van der Waals surface area (Å²) in [5.41, 5.74) is 0.996. The molecule has 3 amide bonds. The molecule has 1 unspecified atom stereocenters. The molecule has 0 bridgehead atoms. The van der Waals surface area contributed by atoms with E-state index in [2.05, 4.69) is 10.2 Å². The fraction of sp³-hybridized carbons (Fsp3) is 0.556. The highest BCUT2D eigenvalue weighted by Crippen LogP contribution is 2.27. The Labute approximate surface area is 174 Å². The lowest BCUT2D eigenvalue weighted by Gasteiger charge is -2.37. The predicted octanol–water partition coefficient (Wildman–Crippen LogP) is 2.79. The van der Waals surface area contributed by atoms with Gasteiger partial charge in [0.05, 0.1) is 10.0 Å². The molecule has 2 heterocycles. The van der Waals surface area contributed by atoms with Gasteiger partial charge in [0.25, 0.3) is 0 Å². The lowest BCUT2D eigenvalue weighted by Crippen LogP contribution is -2.56. The van der Waals surface area contributed by atoms with Crippen LogP contribution in [0.2, 0.25) is 10.0 Å². The molecule has 0 saturated carbocycles. The number of hydrogen-bond donors (Lipinski definition) is 1. The molecule has 0 radical (unpaired) electrons. The van der Waals surface area contributed by atoms with E-state index in [-0.39, 0.29) is 11.9 Å². The number of nitrogens with one attached hydrogen (secondary N) is 1. The molecule has 6 nitrogen and oxygen atoms in total. The van der Waals surface area contributed by atoms with Gasteiger partial charge >= 0.3 is 6.03 Å². The highest BCUT2D eigenvalue weighted by atomic mass is 35.5. The van der Waals surface area contributed by atoms with Crippen LogP contribution in [0.4, 0.5) is 10.5 Å². The Morgan fingerprint density at radius 1 is 1.00 bits per heavy atom. The van der Waals surface area contributed by atoms with Gasteiger partial charge in [-0.2, -0.15) is 11.8 Å². The standard InChI is InChI=1S/C18H24Cl2N4O2S/c1-13(17(25)23-8-10-27-11-9-23)21-18(26)24-6-4-22(5-7-24)14-2-3-15(19)16(20)12-14/h2-3,12-13H,4-11H2,1H3,(H,21,26). The molecule has 2 fully saturated rings. The van der Waals surface area contributed by atoms with Crippen LogP contribution in [0.1, 0.15) is 6.92 Å². The third kappa shape index (κ3) is 5.15. The Hall–Kier alpha value is -1.31. The van der Waals surface area contributed by atoms with Crippen molar-refractivity contribution in [3.8, 4) is 0 Å². The number of carbonyl (C=O) groups is 2. The maximum Gasteiger partial charge on any atom is 0.318 e. The molecular weight excluding hydrogens is 407 g/mol. The van der Waals surface area contributed by atoms with E-state index >= 15 is 0 Å². The van der Waals surface area contributed by atoms with Gasteiger partial charge in [-0.05, 0) is 25.1 Å². The normalized spacial score (nSPS) is 19.0. The van der Waals surface area contributed by atoms with Crippen LogP contribution >= 0.6 is 35.0 Å². The maximum absolute atomic E-state index is 12.5. The second-order valence-electron chi connectivity index (χ2n) is 6.68. The molecule has 27 heavy (non-hydrogen) atoms. The van der Waals surface area contributed by atoms with Crippen molar-refractivity contribution in [2.24, 2.45) is 0 Å². The highest BCUT2D eigenvalue weighted by molar-refractivity contribution is 7.99. The Bertz CT molecular complexity index is 692. The average Bonchev–Trinajstić information content (AvgIpc) is 2.70. The largest absolute Gasteiger partial charge is 0.368 e. The molecule has 3 rings (SSSR count). The topological polar surface area (TPSA) is 55.9 Å². The number of nitrogens with zero attached hydrogens (tertiary/aromatic N) is 3. The first-order valence-electron chi connectivity index (χ1n) is 9.07. The smallest absolute Gasteiger partial charge is 0.318 e. The molecule has 1 atom stereocenters. The fourth-order valence-electron chi connectivity index (χ4n) is 3.25. The number of amides is 3. The van der Waals surface area contributed by atoms with Gasteiger partial charge in [0.2, 0.25) is 5.91 Å². The van der Waals surface area contributed by atoms with Gasteiger partial charge in [0, 0.05) is 56.5 Å². The molecule has 0 aliphatic carbocycles. The Morgan fingerprint density at radius 2 is 1.67 bits per heavy atom. The van der Waals surface area contributed by atoms with Gasteiger partial charge < -0.3 is 20.0 Å². The first-order valence-corrected chi connectivity index (χ1v) is 11.0. The minimum absolute atomic E-state index is 0.00177. The van der Waals surface area contributed by atoms with Gasteiger partial charge in [0.1, 0.15) is 6.04 Å². The van der Waals surface area contributed by atoms with E-state index in [1.54, 1.807) is 17.9 Å². The lowest BCUT2D eigenvalue weighted by atomic mass is 10.2. The van der Waals surface area contributed by atoms with Gasteiger partial charge in [-0.15, -0.1) is 0 Å². The predicted molar refractivity (Wildman–Crippen MR) is 112 cm³/mol. The van der Waals surface area contributed by atoms with Crippen LogP contribution in [0.25, 0.3) is 0 Å².